The van der Waals surface area contributed by atoms with Crippen LogP contribution in [0.1, 0.15) is 20.8 Å². The number of ether oxygens (including phenoxy) is 3. The van der Waals surface area contributed by atoms with Crippen molar-refractivity contribution < 1.29 is 28.7 Å². The Balaban J connectivity index is 2.35. The second-order valence-electron chi connectivity index (χ2n) is 6.41. The second kappa shape index (κ2) is 7.85. The van der Waals surface area contributed by atoms with E-state index < -0.39 is 28.8 Å². The van der Waals surface area contributed by atoms with Crippen LogP contribution < -0.4 is 10.1 Å². The minimum atomic E-state index is -1.53. The van der Waals surface area contributed by atoms with Gasteiger partial charge < -0.3 is 14.2 Å². The Kier molecular flexibility index (Phi) is 5.78. The number of esters is 1. The average molecular weight is 377 g/mol. The molecule has 27 heavy (non-hydrogen) atoms. The van der Waals surface area contributed by atoms with Gasteiger partial charge in [-0.1, -0.05) is 0 Å². The number of carbonyl (C=O) groups is 2. The molecule has 0 spiro atoms. The zero-order chi connectivity index (χ0) is 20.2. The summed E-state index contributed by atoms with van der Waals surface area (Å²) in [6.45, 7) is 4.98. The number of carbonyl (C=O) groups excluding carboxylic acids is 2. The Morgan fingerprint density at radius 2 is 1.96 bits per heavy atom. The number of pyridine rings is 1. The molecule has 144 valence electrons. The van der Waals surface area contributed by atoms with E-state index in [1.54, 1.807) is 20.8 Å². The van der Waals surface area contributed by atoms with Crippen LogP contribution in [0.3, 0.4) is 0 Å². The molecule has 10 nitrogen and oxygen atoms in total. The first-order valence-corrected chi connectivity index (χ1v) is 7.88. The molecule has 2 rings (SSSR count). The van der Waals surface area contributed by atoms with Crippen molar-refractivity contribution in [1.82, 2.24) is 10.3 Å². The fourth-order valence-corrected chi connectivity index (χ4v) is 2.17. The van der Waals surface area contributed by atoms with Crippen LogP contribution in [0.15, 0.2) is 30.5 Å². The Morgan fingerprint density at radius 1 is 1.26 bits per heavy atom. The lowest BCUT2D eigenvalue weighted by atomic mass is 10.1. The number of nitrogens with zero attached hydrogens (tertiary/aromatic N) is 2. The Bertz CT molecular complexity index is 876. The lowest BCUT2D eigenvalue weighted by molar-refractivity contribution is -0.383. The molecule has 0 radical (unpaired) electrons. The van der Waals surface area contributed by atoms with E-state index in [9.17, 15) is 19.7 Å². The van der Waals surface area contributed by atoms with Gasteiger partial charge in [-0.15, -0.1) is 0 Å². The number of aromatic nitrogens is 1. The highest BCUT2D eigenvalue weighted by Gasteiger charge is 2.28. The van der Waals surface area contributed by atoms with Gasteiger partial charge in [0, 0.05) is 12.3 Å². The van der Waals surface area contributed by atoms with E-state index >= 15 is 0 Å². The first kappa shape index (κ1) is 19.9. The van der Waals surface area contributed by atoms with Crippen LogP contribution in [0, 0.1) is 10.1 Å². The third-order valence-electron chi connectivity index (χ3n) is 3.21. The third-order valence-corrected chi connectivity index (χ3v) is 3.21. The van der Waals surface area contributed by atoms with Crippen LogP contribution in [0.25, 0.3) is 10.9 Å². The molecule has 0 saturated carbocycles. The molecular weight excluding hydrogens is 358 g/mol. The van der Waals surface area contributed by atoms with Crippen LogP contribution in [-0.2, 0) is 14.3 Å². The molecule has 0 saturated heterocycles. The SMILES string of the molecule is COC(=O)C(NC(=O)OC(C)(C)C)Oc1ccc([N+](=O)[O-])c2cccnc12. The number of nitro benzene ring substituents is 1. The molecule has 10 heteroatoms. The fraction of sp³-hybridized carbons (Fsp3) is 0.353. The van der Waals surface area contributed by atoms with Crippen molar-refractivity contribution in [3.63, 3.8) is 0 Å². The number of non-ortho nitro benzene ring substituents is 1. The largest absolute Gasteiger partial charge is 0.465 e. The van der Waals surface area contributed by atoms with Gasteiger partial charge in [0.2, 0.25) is 0 Å². The summed E-state index contributed by atoms with van der Waals surface area (Å²) in [5, 5.41) is 13.6. The maximum atomic E-state index is 12.0. The molecule has 1 aromatic carbocycles. The molecule has 0 aliphatic heterocycles. The summed E-state index contributed by atoms with van der Waals surface area (Å²) in [6, 6.07) is 5.55. The first-order chi connectivity index (χ1) is 12.6. The Labute approximate surface area is 154 Å². The van der Waals surface area contributed by atoms with E-state index in [-0.39, 0.29) is 22.3 Å². The summed E-state index contributed by atoms with van der Waals surface area (Å²) in [5.41, 5.74) is -0.793. The van der Waals surface area contributed by atoms with Crippen molar-refractivity contribution in [3.8, 4) is 5.75 Å². The molecular formula is C17H19N3O7. The molecule has 0 aliphatic carbocycles. The van der Waals surface area contributed by atoms with Crippen molar-refractivity contribution >= 4 is 28.7 Å². The number of benzene rings is 1. The molecule has 1 N–H and O–H groups in total. The maximum Gasteiger partial charge on any atom is 0.410 e. The Hall–Kier alpha value is -3.43. The number of hydrogen-bond acceptors (Lipinski definition) is 8. The monoisotopic (exact) mass is 377 g/mol. The van der Waals surface area contributed by atoms with Gasteiger partial charge >= 0.3 is 12.1 Å². The molecule has 0 aliphatic rings. The first-order valence-electron chi connectivity index (χ1n) is 7.88. The minimum absolute atomic E-state index is 0.0580. The summed E-state index contributed by atoms with van der Waals surface area (Å²) in [7, 11) is 1.13. The van der Waals surface area contributed by atoms with Crippen molar-refractivity contribution in [2.45, 2.75) is 32.6 Å². The molecule has 0 bridgehead atoms. The zero-order valence-electron chi connectivity index (χ0n) is 15.2. The predicted octanol–water partition coefficient (Wildman–Crippen LogP) is 2.55. The maximum absolute atomic E-state index is 12.0. The topological polar surface area (TPSA) is 130 Å². The highest BCUT2D eigenvalue weighted by Crippen LogP contribution is 2.31. The summed E-state index contributed by atoms with van der Waals surface area (Å²) in [6.07, 6.45) is -0.999. The third kappa shape index (κ3) is 5.03. The molecule has 0 fully saturated rings. The van der Waals surface area contributed by atoms with Gasteiger partial charge in [0.1, 0.15) is 16.9 Å². The van der Waals surface area contributed by atoms with Crippen LogP contribution >= 0.6 is 0 Å². The summed E-state index contributed by atoms with van der Waals surface area (Å²) in [5.74, 6) is -0.828. The van der Waals surface area contributed by atoms with Gasteiger partial charge in [-0.05, 0) is 39.0 Å². The average Bonchev–Trinajstić information content (AvgIpc) is 2.58. The van der Waals surface area contributed by atoms with Gasteiger partial charge in [0.15, 0.2) is 0 Å². The molecule has 1 atom stereocenters. The van der Waals surface area contributed by atoms with Crippen molar-refractivity contribution in [2.24, 2.45) is 0 Å². The van der Waals surface area contributed by atoms with E-state index in [0.29, 0.717) is 0 Å². The van der Waals surface area contributed by atoms with E-state index in [4.69, 9.17) is 9.47 Å². The minimum Gasteiger partial charge on any atom is -0.465 e. The highest BCUT2D eigenvalue weighted by atomic mass is 16.6. The molecule has 1 aromatic heterocycles. The normalized spacial score (nSPS) is 12.1. The zero-order valence-corrected chi connectivity index (χ0v) is 15.2. The number of nitrogens with one attached hydrogen (secondary N) is 1. The van der Waals surface area contributed by atoms with Crippen LogP contribution in [0.5, 0.6) is 5.75 Å². The smallest absolute Gasteiger partial charge is 0.410 e. The lowest BCUT2D eigenvalue weighted by Crippen LogP contribution is -2.47. The number of hydrogen-bond donors (Lipinski definition) is 1. The summed E-state index contributed by atoms with van der Waals surface area (Å²) < 4.78 is 15.3. The highest BCUT2D eigenvalue weighted by molar-refractivity contribution is 5.92. The number of methoxy groups -OCH3 is 1. The summed E-state index contributed by atoms with van der Waals surface area (Å²) in [4.78, 5) is 38.6. The van der Waals surface area contributed by atoms with Crippen molar-refractivity contribution in [3.05, 3.63) is 40.6 Å². The number of nitro groups is 1. The molecule has 1 unspecified atom stereocenters. The number of rotatable bonds is 5. The number of fused-ring (bicyclic) bond motifs is 1. The van der Waals surface area contributed by atoms with Crippen molar-refractivity contribution in [2.75, 3.05) is 7.11 Å². The quantitative estimate of drug-likeness (QED) is 0.364. The van der Waals surface area contributed by atoms with E-state index in [1.165, 1.54) is 30.5 Å². The standard InChI is InChI=1S/C17H19N3O7/c1-17(2,3)27-16(22)19-14(15(21)25-4)26-12-8-7-11(20(23)24)10-6-5-9-18-13(10)12/h5-9,14H,1-4H3,(H,19,22). The molecule has 1 amide bonds. The van der Waals surface area contributed by atoms with E-state index in [2.05, 4.69) is 15.0 Å². The van der Waals surface area contributed by atoms with Gasteiger partial charge in [0.05, 0.1) is 17.4 Å². The van der Waals surface area contributed by atoms with Crippen LogP contribution in [-0.4, -0.2) is 40.9 Å². The lowest BCUT2D eigenvalue weighted by Gasteiger charge is -2.23. The second-order valence-corrected chi connectivity index (χ2v) is 6.41. The molecule has 2 aromatic rings. The van der Waals surface area contributed by atoms with Gasteiger partial charge in [-0.25, -0.2) is 9.59 Å². The number of amides is 1. The van der Waals surface area contributed by atoms with Gasteiger partial charge in [-0.2, -0.15) is 0 Å². The van der Waals surface area contributed by atoms with Gasteiger partial charge in [-0.3, -0.25) is 20.4 Å². The van der Waals surface area contributed by atoms with E-state index in [0.717, 1.165) is 7.11 Å². The fourth-order valence-electron chi connectivity index (χ4n) is 2.17. The van der Waals surface area contributed by atoms with Crippen molar-refractivity contribution in [1.29, 1.82) is 0 Å². The van der Waals surface area contributed by atoms with E-state index in [1.807, 2.05) is 0 Å². The Morgan fingerprint density at radius 3 is 2.56 bits per heavy atom. The van der Waals surface area contributed by atoms with Crippen LogP contribution in [0.2, 0.25) is 0 Å². The predicted molar refractivity (Wildman–Crippen MR) is 94.2 cm³/mol. The number of alkyl carbamates (subject to hydrolysis) is 1. The van der Waals surface area contributed by atoms with Crippen LogP contribution in [0.4, 0.5) is 10.5 Å². The summed E-state index contributed by atoms with van der Waals surface area (Å²) >= 11 is 0. The van der Waals surface area contributed by atoms with Gasteiger partial charge in [0.25, 0.3) is 11.9 Å². The molecule has 1 heterocycles.